The molecule has 6 heteroatoms. The van der Waals surface area contributed by atoms with Crippen LogP contribution >= 0.6 is 0 Å². The molecule has 3 aromatic rings. The zero-order valence-electron chi connectivity index (χ0n) is 20.1. The van der Waals surface area contributed by atoms with Gasteiger partial charge in [0.1, 0.15) is 0 Å². The summed E-state index contributed by atoms with van der Waals surface area (Å²) in [6, 6.07) is 13.2. The molecule has 170 valence electrons. The molecule has 0 amide bonds. The van der Waals surface area contributed by atoms with Crippen LogP contribution in [-0.2, 0) is 0 Å². The molecule has 0 spiro atoms. The molecule has 33 heavy (non-hydrogen) atoms. The number of hydrogen-bond donors (Lipinski definition) is 0. The molecule has 0 atom stereocenters. The normalized spacial score (nSPS) is 11.1. The van der Waals surface area contributed by atoms with E-state index in [2.05, 4.69) is 36.5 Å². The van der Waals surface area contributed by atoms with Crippen LogP contribution in [0.1, 0.15) is 40.3 Å². The van der Waals surface area contributed by atoms with E-state index in [1.54, 1.807) is 31.0 Å². The van der Waals surface area contributed by atoms with Gasteiger partial charge in [0.2, 0.25) is 0 Å². The van der Waals surface area contributed by atoms with Gasteiger partial charge in [0.25, 0.3) is 0 Å². The van der Waals surface area contributed by atoms with Crippen molar-refractivity contribution in [2.45, 2.75) is 34.6 Å². The van der Waals surface area contributed by atoms with Gasteiger partial charge in [0.05, 0.1) is 59.0 Å². The molecule has 0 saturated carbocycles. The van der Waals surface area contributed by atoms with Crippen LogP contribution < -0.4 is 0 Å². The Balaban J connectivity index is 0.00000129. The summed E-state index contributed by atoms with van der Waals surface area (Å²) in [6.07, 6.45) is 13.7. The Hall–Kier alpha value is -4.06. The first-order valence-electron chi connectivity index (χ1n) is 11.0. The van der Waals surface area contributed by atoms with Crippen molar-refractivity contribution >= 4 is 29.5 Å². The van der Waals surface area contributed by atoms with Crippen molar-refractivity contribution in [2.75, 3.05) is 0 Å². The molecule has 0 bridgehead atoms. The van der Waals surface area contributed by atoms with Crippen molar-refractivity contribution in [3.8, 4) is 11.4 Å². The van der Waals surface area contributed by atoms with Crippen molar-refractivity contribution in [3.63, 3.8) is 0 Å². The molecule has 0 aliphatic rings. The summed E-state index contributed by atoms with van der Waals surface area (Å²) in [6.45, 7) is 13.5. The van der Waals surface area contributed by atoms with Gasteiger partial charge in [-0.05, 0) is 49.4 Å². The number of aliphatic imine (C=N–C) groups is 3. The lowest BCUT2D eigenvalue weighted by molar-refractivity contribution is 1.23. The molecule has 3 rings (SSSR count). The zero-order valence-corrected chi connectivity index (χ0v) is 20.1. The van der Waals surface area contributed by atoms with Gasteiger partial charge < -0.3 is 0 Å². The standard InChI is InChI=1S/C23H20N6.2C2H6/c1-3-7-18(24-4-2)14-26-20-9-11-22(28-16-20)23-12-10-21(17-29-23)27-15-19-8-5-6-13-25-19;2*1-2/h3-17H,2H2,1H3;2*1-2H3/b7-3-,24-18?,26-14?,27-15?;;. The Kier molecular flexibility index (Phi) is 13.6. The van der Waals surface area contributed by atoms with Gasteiger partial charge in [0.15, 0.2) is 0 Å². The Bertz CT molecular complexity index is 1050. The van der Waals surface area contributed by atoms with Gasteiger partial charge in [-0.1, -0.05) is 46.4 Å². The second-order valence-electron chi connectivity index (χ2n) is 5.81. The van der Waals surface area contributed by atoms with Gasteiger partial charge >= 0.3 is 0 Å². The summed E-state index contributed by atoms with van der Waals surface area (Å²) in [5.74, 6) is 0. The van der Waals surface area contributed by atoms with Crippen LogP contribution in [0.4, 0.5) is 11.4 Å². The highest BCUT2D eigenvalue weighted by Crippen LogP contribution is 2.20. The van der Waals surface area contributed by atoms with Gasteiger partial charge in [0, 0.05) is 12.4 Å². The number of nitrogens with zero attached hydrogens (tertiary/aromatic N) is 6. The maximum atomic E-state index is 4.44. The fourth-order valence-corrected chi connectivity index (χ4v) is 2.36. The molecular weight excluding hydrogens is 408 g/mol. The highest BCUT2D eigenvalue weighted by molar-refractivity contribution is 6.36. The first-order chi connectivity index (χ1) is 16.3. The molecule has 0 N–H and O–H groups in total. The van der Waals surface area contributed by atoms with E-state index in [1.807, 2.05) is 89.2 Å². The predicted molar refractivity (Wildman–Crippen MR) is 142 cm³/mol. The molecule has 0 aliphatic carbocycles. The molecule has 6 nitrogen and oxygen atoms in total. The van der Waals surface area contributed by atoms with Crippen LogP contribution in [0.15, 0.2) is 101 Å². The van der Waals surface area contributed by atoms with E-state index in [9.17, 15) is 0 Å². The monoisotopic (exact) mass is 440 g/mol. The van der Waals surface area contributed by atoms with Crippen LogP contribution in [-0.4, -0.2) is 33.1 Å². The van der Waals surface area contributed by atoms with Crippen molar-refractivity contribution in [2.24, 2.45) is 15.0 Å². The molecule has 0 radical (unpaired) electrons. The zero-order chi connectivity index (χ0) is 24.3. The maximum absolute atomic E-state index is 4.44. The number of hydrogen-bond acceptors (Lipinski definition) is 6. The summed E-state index contributed by atoms with van der Waals surface area (Å²) in [4.78, 5) is 26.0. The third kappa shape index (κ3) is 9.74. The Labute approximate surface area is 197 Å². The number of pyridine rings is 3. The predicted octanol–water partition coefficient (Wildman–Crippen LogP) is 7.20. The van der Waals surface area contributed by atoms with Crippen LogP contribution in [0, 0.1) is 0 Å². The summed E-state index contributed by atoms with van der Waals surface area (Å²) in [7, 11) is 0. The minimum atomic E-state index is 0.718. The third-order valence-corrected chi connectivity index (χ3v) is 3.72. The molecule has 0 aliphatic heterocycles. The van der Waals surface area contributed by atoms with E-state index in [4.69, 9.17) is 0 Å². The lowest BCUT2D eigenvalue weighted by Gasteiger charge is -2.01. The smallest absolute Gasteiger partial charge is 0.0887 e. The molecule has 0 unspecified atom stereocenters. The molecular formula is C27H32N6. The number of rotatable bonds is 7. The van der Waals surface area contributed by atoms with E-state index >= 15 is 0 Å². The van der Waals surface area contributed by atoms with E-state index in [-0.39, 0.29) is 0 Å². The second kappa shape index (κ2) is 16.6. The molecule has 0 aromatic carbocycles. The summed E-state index contributed by atoms with van der Waals surface area (Å²) in [5, 5.41) is 0. The minimum Gasteiger partial charge on any atom is -0.256 e. The van der Waals surface area contributed by atoms with Crippen LogP contribution in [0.5, 0.6) is 0 Å². The van der Waals surface area contributed by atoms with Crippen LogP contribution in [0.25, 0.3) is 11.4 Å². The highest BCUT2D eigenvalue weighted by Gasteiger charge is 2.01. The van der Waals surface area contributed by atoms with Gasteiger partial charge in [-0.3, -0.25) is 29.9 Å². The SMILES string of the molecule is C=CN=C(C=Nc1ccc(-c2ccc(N=Cc3ccccn3)cn2)nc1)/C=C\C.CC.CC. The van der Waals surface area contributed by atoms with Crippen LogP contribution in [0.2, 0.25) is 0 Å². The van der Waals surface area contributed by atoms with Gasteiger partial charge in [-0.25, -0.2) is 0 Å². The fourth-order valence-electron chi connectivity index (χ4n) is 2.36. The molecule has 3 heterocycles. The second-order valence-corrected chi connectivity index (χ2v) is 5.81. The van der Waals surface area contributed by atoms with E-state index in [0.717, 1.165) is 34.2 Å². The lowest BCUT2D eigenvalue weighted by Crippen LogP contribution is -1.93. The summed E-state index contributed by atoms with van der Waals surface area (Å²) in [5.41, 5.74) is 4.52. The quantitative estimate of drug-likeness (QED) is 0.364. The molecule has 0 saturated heterocycles. The lowest BCUT2D eigenvalue weighted by atomic mass is 10.2. The largest absolute Gasteiger partial charge is 0.256 e. The Morgan fingerprint density at radius 2 is 1.45 bits per heavy atom. The van der Waals surface area contributed by atoms with Crippen molar-refractivity contribution < 1.29 is 0 Å². The average Bonchev–Trinajstić information content (AvgIpc) is 2.90. The van der Waals surface area contributed by atoms with Gasteiger partial charge in [-0.2, -0.15) is 0 Å². The van der Waals surface area contributed by atoms with Crippen LogP contribution in [0.3, 0.4) is 0 Å². The molecule has 3 aromatic heterocycles. The minimum absolute atomic E-state index is 0.718. The first kappa shape index (κ1) is 27.0. The Morgan fingerprint density at radius 1 is 0.818 bits per heavy atom. The Morgan fingerprint density at radius 3 is 1.94 bits per heavy atom. The summed E-state index contributed by atoms with van der Waals surface area (Å²) < 4.78 is 0. The van der Waals surface area contributed by atoms with E-state index in [1.165, 1.54) is 6.20 Å². The number of aromatic nitrogens is 3. The third-order valence-electron chi connectivity index (χ3n) is 3.72. The molecule has 0 fully saturated rings. The van der Waals surface area contributed by atoms with Crippen molar-refractivity contribution in [1.82, 2.24) is 15.0 Å². The average molecular weight is 441 g/mol. The first-order valence-corrected chi connectivity index (χ1v) is 11.0. The van der Waals surface area contributed by atoms with Crippen molar-refractivity contribution in [3.05, 3.63) is 91.7 Å². The summed E-state index contributed by atoms with van der Waals surface area (Å²) >= 11 is 0. The topological polar surface area (TPSA) is 75.8 Å². The van der Waals surface area contributed by atoms with Gasteiger partial charge in [-0.15, -0.1) is 0 Å². The fraction of sp³-hybridized carbons (Fsp3) is 0.185. The highest BCUT2D eigenvalue weighted by atomic mass is 14.8. The maximum Gasteiger partial charge on any atom is 0.0887 e. The van der Waals surface area contributed by atoms with Crippen molar-refractivity contribution in [1.29, 1.82) is 0 Å². The number of allylic oxidation sites excluding steroid dienone is 2. The van der Waals surface area contributed by atoms with E-state index in [0.29, 0.717) is 0 Å². The van der Waals surface area contributed by atoms with E-state index < -0.39 is 0 Å².